The van der Waals surface area contributed by atoms with Crippen molar-refractivity contribution in [3.8, 4) is 5.75 Å². The van der Waals surface area contributed by atoms with E-state index < -0.39 is 9.84 Å². The SMILES string of the molecule is CS(=O)(=O)c1ccc(OCC(=O)C2CC2)cc1. The summed E-state index contributed by atoms with van der Waals surface area (Å²) in [6.45, 7) is 0.0723. The lowest BCUT2D eigenvalue weighted by atomic mass is 10.3. The number of hydrogen-bond donors (Lipinski definition) is 0. The van der Waals surface area contributed by atoms with Gasteiger partial charge in [-0.15, -0.1) is 0 Å². The van der Waals surface area contributed by atoms with Crippen molar-refractivity contribution in [3.63, 3.8) is 0 Å². The second kappa shape index (κ2) is 4.49. The molecular formula is C12H14O4S. The summed E-state index contributed by atoms with van der Waals surface area (Å²) in [5.74, 6) is 0.828. The van der Waals surface area contributed by atoms with Crippen LogP contribution in [0.3, 0.4) is 0 Å². The standard InChI is InChI=1S/C12H14O4S/c1-17(14,15)11-6-4-10(5-7-11)16-8-12(13)9-2-3-9/h4-7,9H,2-3,8H2,1H3. The van der Waals surface area contributed by atoms with Gasteiger partial charge in [0.05, 0.1) is 4.90 Å². The van der Waals surface area contributed by atoms with Gasteiger partial charge < -0.3 is 4.74 Å². The molecule has 0 N–H and O–H groups in total. The molecule has 1 aliphatic rings. The van der Waals surface area contributed by atoms with Gasteiger partial charge in [0, 0.05) is 12.2 Å². The smallest absolute Gasteiger partial charge is 0.175 e. The number of carbonyl (C=O) groups is 1. The summed E-state index contributed by atoms with van der Waals surface area (Å²) in [6.07, 6.45) is 3.09. The van der Waals surface area contributed by atoms with E-state index in [9.17, 15) is 13.2 Å². The Balaban J connectivity index is 1.96. The molecule has 0 unspecified atom stereocenters. The minimum atomic E-state index is -3.18. The minimum absolute atomic E-state index is 0.0723. The number of rotatable bonds is 5. The van der Waals surface area contributed by atoms with Crippen molar-refractivity contribution >= 4 is 15.6 Å². The molecule has 0 aromatic heterocycles. The number of ether oxygens (including phenoxy) is 1. The van der Waals surface area contributed by atoms with Gasteiger partial charge in [-0.3, -0.25) is 4.79 Å². The van der Waals surface area contributed by atoms with Gasteiger partial charge in [0.15, 0.2) is 15.6 Å². The van der Waals surface area contributed by atoms with Crippen LogP contribution in [0.15, 0.2) is 29.2 Å². The Morgan fingerprint density at radius 3 is 2.35 bits per heavy atom. The van der Waals surface area contributed by atoms with Gasteiger partial charge in [-0.25, -0.2) is 8.42 Å². The van der Waals surface area contributed by atoms with Crippen LogP contribution in [0.5, 0.6) is 5.75 Å². The maximum Gasteiger partial charge on any atom is 0.175 e. The van der Waals surface area contributed by atoms with Crippen LogP contribution in [0.2, 0.25) is 0 Å². The molecule has 1 aliphatic carbocycles. The predicted octanol–water partition coefficient (Wildman–Crippen LogP) is 1.45. The largest absolute Gasteiger partial charge is 0.486 e. The molecule has 0 heterocycles. The maximum atomic E-state index is 11.4. The number of Topliss-reactive ketones (excluding diaryl/α,β-unsaturated/α-hetero) is 1. The van der Waals surface area contributed by atoms with Crippen LogP contribution < -0.4 is 4.74 Å². The van der Waals surface area contributed by atoms with Gasteiger partial charge in [-0.05, 0) is 37.1 Å². The van der Waals surface area contributed by atoms with Gasteiger partial charge in [0.2, 0.25) is 0 Å². The first-order chi connectivity index (χ1) is 7.97. The third-order valence-corrected chi connectivity index (χ3v) is 3.79. The van der Waals surface area contributed by atoms with Crippen molar-refractivity contribution in [2.24, 2.45) is 5.92 Å². The summed E-state index contributed by atoms with van der Waals surface area (Å²) in [7, 11) is -3.18. The fraction of sp³-hybridized carbons (Fsp3) is 0.417. The molecule has 0 saturated heterocycles. The Morgan fingerprint density at radius 2 is 1.88 bits per heavy atom. The van der Waals surface area contributed by atoms with E-state index in [1.54, 1.807) is 12.1 Å². The van der Waals surface area contributed by atoms with E-state index in [0.29, 0.717) is 5.75 Å². The van der Waals surface area contributed by atoms with Crippen LogP contribution in [-0.2, 0) is 14.6 Å². The van der Waals surface area contributed by atoms with Gasteiger partial charge in [-0.1, -0.05) is 0 Å². The van der Waals surface area contributed by atoms with Crippen LogP contribution >= 0.6 is 0 Å². The van der Waals surface area contributed by atoms with Crippen molar-refractivity contribution in [3.05, 3.63) is 24.3 Å². The quantitative estimate of drug-likeness (QED) is 0.798. The molecule has 4 nitrogen and oxygen atoms in total. The summed E-state index contributed by atoms with van der Waals surface area (Å²) < 4.78 is 27.7. The number of hydrogen-bond acceptors (Lipinski definition) is 4. The highest BCUT2D eigenvalue weighted by Gasteiger charge is 2.29. The first-order valence-corrected chi connectivity index (χ1v) is 7.31. The Hall–Kier alpha value is -1.36. The summed E-state index contributed by atoms with van der Waals surface area (Å²) in [4.78, 5) is 11.6. The Kier molecular flexibility index (Phi) is 3.19. The fourth-order valence-electron chi connectivity index (χ4n) is 1.46. The molecule has 1 fully saturated rings. The normalized spacial score (nSPS) is 15.6. The van der Waals surface area contributed by atoms with E-state index in [1.807, 2.05) is 0 Å². The monoisotopic (exact) mass is 254 g/mol. The lowest BCUT2D eigenvalue weighted by Gasteiger charge is -2.05. The van der Waals surface area contributed by atoms with Crippen LogP contribution in [0.25, 0.3) is 0 Å². The van der Waals surface area contributed by atoms with Crippen molar-refractivity contribution in [1.82, 2.24) is 0 Å². The van der Waals surface area contributed by atoms with E-state index in [4.69, 9.17) is 4.74 Å². The van der Waals surface area contributed by atoms with E-state index in [2.05, 4.69) is 0 Å². The van der Waals surface area contributed by atoms with Crippen LogP contribution in [0.1, 0.15) is 12.8 Å². The second-order valence-electron chi connectivity index (χ2n) is 4.27. The molecule has 1 aromatic carbocycles. The molecule has 92 valence electrons. The van der Waals surface area contributed by atoms with Gasteiger partial charge in [-0.2, -0.15) is 0 Å². The molecule has 17 heavy (non-hydrogen) atoms. The zero-order valence-electron chi connectivity index (χ0n) is 9.55. The lowest BCUT2D eigenvalue weighted by molar-refractivity contribution is -0.122. The van der Waals surface area contributed by atoms with Crippen LogP contribution in [-0.4, -0.2) is 27.1 Å². The number of sulfone groups is 1. The molecule has 1 aromatic rings. The third-order valence-electron chi connectivity index (χ3n) is 2.67. The minimum Gasteiger partial charge on any atom is -0.486 e. The zero-order chi connectivity index (χ0) is 12.5. The molecule has 2 rings (SSSR count). The highest BCUT2D eigenvalue weighted by molar-refractivity contribution is 7.90. The van der Waals surface area contributed by atoms with Crippen molar-refractivity contribution in [1.29, 1.82) is 0 Å². The molecule has 5 heteroatoms. The van der Waals surface area contributed by atoms with Gasteiger partial charge in [0.1, 0.15) is 12.4 Å². The second-order valence-corrected chi connectivity index (χ2v) is 6.29. The Labute approximate surface area is 101 Å². The van der Waals surface area contributed by atoms with Gasteiger partial charge in [0.25, 0.3) is 0 Å². The molecule has 0 radical (unpaired) electrons. The van der Waals surface area contributed by atoms with Crippen molar-refractivity contribution in [2.75, 3.05) is 12.9 Å². The average molecular weight is 254 g/mol. The molecule has 0 atom stereocenters. The molecular weight excluding hydrogens is 240 g/mol. The van der Waals surface area contributed by atoms with Gasteiger partial charge >= 0.3 is 0 Å². The zero-order valence-corrected chi connectivity index (χ0v) is 10.4. The predicted molar refractivity (Wildman–Crippen MR) is 62.8 cm³/mol. The first kappa shape index (κ1) is 12.1. The fourth-order valence-corrected chi connectivity index (χ4v) is 2.09. The van der Waals surface area contributed by atoms with Crippen molar-refractivity contribution < 1.29 is 17.9 Å². The maximum absolute atomic E-state index is 11.4. The van der Waals surface area contributed by atoms with E-state index in [1.165, 1.54) is 12.1 Å². The summed E-state index contributed by atoms with van der Waals surface area (Å²) in [6, 6.07) is 6.09. The highest BCUT2D eigenvalue weighted by Crippen LogP contribution is 2.29. The Bertz CT molecular complexity index is 512. The number of benzene rings is 1. The molecule has 1 saturated carbocycles. The topological polar surface area (TPSA) is 60.4 Å². The third kappa shape index (κ3) is 3.30. The summed E-state index contributed by atoms with van der Waals surface area (Å²) in [5, 5.41) is 0. The van der Waals surface area contributed by atoms with Crippen LogP contribution in [0.4, 0.5) is 0 Å². The number of ketones is 1. The summed E-state index contributed by atoms with van der Waals surface area (Å²) >= 11 is 0. The van der Waals surface area contributed by atoms with Crippen molar-refractivity contribution in [2.45, 2.75) is 17.7 Å². The van der Waals surface area contributed by atoms with Crippen LogP contribution in [0, 0.1) is 5.92 Å². The molecule has 0 aliphatic heterocycles. The average Bonchev–Trinajstić information content (AvgIpc) is 3.09. The molecule has 0 bridgehead atoms. The number of carbonyl (C=O) groups excluding carboxylic acids is 1. The van der Waals surface area contributed by atoms with E-state index in [-0.39, 0.29) is 23.2 Å². The summed E-state index contributed by atoms with van der Waals surface area (Å²) in [5.41, 5.74) is 0. The van der Waals surface area contributed by atoms with E-state index in [0.717, 1.165) is 19.1 Å². The Morgan fingerprint density at radius 1 is 1.29 bits per heavy atom. The highest BCUT2D eigenvalue weighted by atomic mass is 32.2. The van der Waals surface area contributed by atoms with E-state index >= 15 is 0 Å². The molecule has 0 spiro atoms. The lowest BCUT2D eigenvalue weighted by Crippen LogP contribution is -2.12. The molecule has 0 amide bonds. The first-order valence-electron chi connectivity index (χ1n) is 5.42.